The fraction of sp³-hybridized carbons (Fsp3) is 0.500. The van der Waals surface area contributed by atoms with Gasteiger partial charge in [-0.3, -0.25) is 30.5 Å². The van der Waals surface area contributed by atoms with Gasteiger partial charge in [-0.15, -0.1) is 5.10 Å². The van der Waals surface area contributed by atoms with Crippen LogP contribution in [0.25, 0.3) is 0 Å². The lowest BCUT2D eigenvalue weighted by Gasteiger charge is -2.27. The third-order valence-electron chi connectivity index (χ3n) is 5.01. The molecule has 0 heterocycles. The second-order valence-electron chi connectivity index (χ2n) is 7.62. The summed E-state index contributed by atoms with van der Waals surface area (Å²) < 4.78 is 0. The summed E-state index contributed by atoms with van der Waals surface area (Å²) in [5, 5.41) is 20.2. The predicted molar refractivity (Wildman–Crippen MR) is 137 cm³/mol. The molecule has 0 bridgehead atoms. The highest BCUT2D eigenvalue weighted by Crippen LogP contribution is 2.30. The van der Waals surface area contributed by atoms with E-state index in [-0.39, 0.29) is 17.8 Å². The van der Waals surface area contributed by atoms with E-state index in [4.69, 9.17) is 17.1 Å². The largest absolute Gasteiger partial charge is 0.390 e. The monoisotopic (exact) mass is 492 g/mol. The number of nitrogens with two attached hydrogens (primary N) is 3. The summed E-state index contributed by atoms with van der Waals surface area (Å²) in [5.41, 5.74) is 7.97. The van der Waals surface area contributed by atoms with Crippen molar-refractivity contribution in [2.75, 3.05) is 20.1 Å². The quantitative estimate of drug-likeness (QED) is 0.0467. The minimum absolute atomic E-state index is 0.0726. The van der Waals surface area contributed by atoms with Crippen molar-refractivity contribution in [3.8, 4) is 0 Å². The Bertz CT molecular complexity index is 791. The van der Waals surface area contributed by atoms with Gasteiger partial charge in [0.05, 0.1) is 6.34 Å². The lowest BCUT2D eigenvalue weighted by atomic mass is 9.94. The van der Waals surface area contributed by atoms with Gasteiger partial charge in [-0.1, -0.05) is 31.2 Å². The third kappa shape index (κ3) is 11.8. The van der Waals surface area contributed by atoms with Crippen molar-refractivity contribution in [2.45, 2.75) is 51.0 Å². The molecular weight excluding hydrogens is 452 g/mol. The molecule has 1 aromatic rings. The number of guanidine groups is 1. The van der Waals surface area contributed by atoms with E-state index in [0.717, 1.165) is 43.3 Å². The van der Waals surface area contributed by atoms with Crippen molar-refractivity contribution in [1.29, 1.82) is 5.41 Å². The maximum atomic E-state index is 12.5. The summed E-state index contributed by atoms with van der Waals surface area (Å²) in [4.78, 5) is 34.3. The van der Waals surface area contributed by atoms with E-state index in [1.54, 1.807) is 0 Å². The Kier molecular flexibility index (Phi) is 16.7. The molecule has 0 aliphatic heterocycles. The van der Waals surface area contributed by atoms with Crippen LogP contribution in [0.15, 0.2) is 29.4 Å². The third-order valence-corrected chi connectivity index (χ3v) is 5.01. The molecule has 0 saturated carbocycles. The maximum absolute atomic E-state index is 12.5. The minimum atomic E-state index is -0.825. The van der Waals surface area contributed by atoms with Crippen molar-refractivity contribution in [2.24, 2.45) is 22.5 Å². The van der Waals surface area contributed by atoms with Crippen molar-refractivity contribution in [1.82, 2.24) is 26.7 Å². The van der Waals surface area contributed by atoms with Crippen LogP contribution in [0.4, 0.5) is 0 Å². The number of carbonyl (C=O) groups excluding carboxylic acids is 3. The normalized spacial score (nSPS) is 12.9. The number of unbranched alkanes of at least 4 members (excludes halogenated alkanes) is 1. The van der Waals surface area contributed by atoms with Crippen LogP contribution < -0.4 is 44.1 Å². The second kappa shape index (κ2) is 18.7. The van der Waals surface area contributed by atoms with E-state index in [1.807, 2.05) is 38.2 Å². The van der Waals surface area contributed by atoms with Crippen molar-refractivity contribution in [3.05, 3.63) is 35.4 Å². The Morgan fingerprint density at radius 2 is 1.74 bits per heavy atom. The average molecular weight is 493 g/mol. The molecule has 0 fully saturated rings. The lowest BCUT2D eigenvalue weighted by Crippen LogP contribution is -2.57. The van der Waals surface area contributed by atoms with Crippen LogP contribution in [0, 0.1) is 5.41 Å². The zero-order valence-corrected chi connectivity index (χ0v) is 20.5. The Labute approximate surface area is 206 Å². The highest BCUT2D eigenvalue weighted by molar-refractivity contribution is 5.96. The number of rotatable bonds is 10. The molecule has 0 radical (unpaired) electrons. The summed E-state index contributed by atoms with van der Waals surface area (Å²) in [6.07, 6.45) is 5.65. The number of hydrazine groups is 1. The highest BCUT2D eigenvalue weighted by Gasteiger charge is 2.43. The molecule has 12 N–H and O–H groups in total. The minimum Gasteiger partial charge on any atom is -0.390 e. The zero-order valence-electron chi connectivity index (χ0n) is 20.5. The lowest BCUT2D eigenvalue weighted by molar-refractivity contribution is -0.129. The molecule has 3 amide bonds. The topological polar surface area (TPSA) is 226 Å². The predicted octanol–water partition coefficient (Wildman–Crippen LogP) is -1.47. The molecule has 0 atom stereocenters. The summed E-state index contributed by atoms with van der Waals surface area (Å²) in [7, 11) is 1.91. The summed E-state index contributed by atoms with van der Waals surface area (Å²) in [6, 6.07) is 7.96. The number of nitrogens with one attached hydrogen (secondary N) is 6. The van der Waals surface area contributed by atoms with Gasteiger partial charge in [0, 0.05) is 25.8 Å². The maximum Gasteiger partial charge on any atom is 0.246 e. The molecular formula is C22H40N10O3. The van der Waals surface area contributed by atoms with Gasteiger partial charge in [-0.2, -0.15) is 0 Å². The molecule has 2 rings (SSSR count). The van der Waals surface area contributed by atoms with E-state index in [2.05, 4.69) is 37.5 Å². The molecule has 13 heteroatoms. The van der Waals surface area contributed by atoms with Crippen LogP contribution in [0.2, 0.25) is 0 Å². The second-order valence-corrected chi connectivity index (χ2v) is 7.62. The van der Waals surface area contributed by atoms with Crippen LogP contribution in [-0.4, -0.2) is 56.2 Å². The fourth-order valence-corrected chi connectivity index (χ4v) is 3.38. The molecule has 0 aromatic heterocycles. The van der Waals surface area contributed by atoms with E-state index in [9.17, 15) is 14.4 Å². The molecule has 0 unspecified atom stereocenters. The van der Waals surface area contributed by atoms with Crippen molar-refractivity contribution < 1.29 is 14.4 Å². The van der Waals surface area contributed by atoms with Crippen molar-refractivity contribution in [3.63, 3.8) is 0 Å². The molecule has 196 valence electrons. The summed E-state index contributed by atoms with van der Waals surface area (Å²) >= 11 is 0. The van der Waals surface area contributed by atoms with Crippen molar-refractivity contribution >= 4 is 30.5 Å². The van der Waals surface area contributed by atoms with Crippen LogP contribution >= 0.6 is 0 Å². The molecule has 1 aliphatic rings. The van der Waals surface area contributed by atoms with Gasteiger partial charge in [0.1, 0.15) is 5.54 Å². The van der Waals surface area contributed by atoms with Crippen LogP contribution in [-0.2, 0) is 27.2 Å². The Balaban J connectivity index is 0.000000697. The molecule has 0 spiro atoms. The fourth-order valence-electron chi connectivity index (χ4n) is 3.38. The van der Waals surface area contributed by atoms with Gasteiger partial charge in [-0.25, -0.2) is 5.84 Å². The standard InChI is InChI=1S/C16H23N3O2.C5H13N5O.CH4N2/c1-17-8-4-5-9-18-15(21)16(19-12-20)10-13-6-2-3-7-14(13)11-16;1-2-3-4(11)8-5(9-6)10-7;2-1-3/h2-3,6-7,12,17H,4-5,8-11H2,1H3,(H,18,21)(H,19,20);2-3,6-7H2,1H3,(H2,8,9,10,11);1H,(H3,2,3). The molecule has 13 nitrogen and oxygen atoms in total. The van der Waals surface area contributed by atoms with Crippen LogP contribution in [0.3, 0.4) is 0 Å². The van der Waals surface area contributed by atoms with Gasteiger partial charge in [0.25, 0.3) is 0 Å². The van der Waals surface area contributed by atoms with E-state index < -0.39 is 5.54 Å². The zero-order chi connectivity index (χ0) is 26.5. The summed E-state index contributed by atoms with van der Waals surface area (Å²) in [5.74, 6) is 9.64. The molecule has 0 saturated heterocycles. The number of fused-ring (bicyclic) bond motifs is 1. The average Bonchev–Trinajstić information content (AvgIpc) is 3.23. The van der Waals surface area contributed by atoms with E-state index in [0.29, 0.717) is 32.2 Å². The van der Waals surface area contributed by atoms with E-state index in [1.165, 1.54) is 0 Å². The Morgan fingerprint density at radius 3 is 2.20 bits per heavy atom. The van der Waals surface area contributed by atoms with E-state index >= 15 is 0 Å². The Morgan fingerprint density at radius 1 is 1.17 bits per heavy atom. The molecule has 1 aromatic carbocycles. The molecule has 35 heavy (non-hydrogen) atoms. The number of amides is 3. The first-order valence-electron chi connectivity index (χ1n) is 11.3. The summed E-state index contributed by atoms with van der Waals surface area (Å²) in [6.45, 7) is 3.48. The van der Waals surface area contributed by atoms with Crippen LogP contribution in [0.1, 0.15) is 43.7 Å². The van der Waals surface area contributed by atoms with Gasteiger partial charge >= 0.3 is 0 Å². The first-order valence-corrected chi connectivity index (χ1v) is 11.3. The van der Waals surface area contributed by atoms with Gasteiger partial charge in [0.15, 0.2) is 0 Å². The smallest absolute Gasteiger partial charge is 0.246 e. The molecule has 1 aliphatic carbocycles. The Hall–Kier alpha value is -3.71. The first kappa shape index (κ1) is 31.3. The number of benzene rings is 1. The number of nitrogens with zero attached hydrogens (tertiary/aromatic N) is 1. The SMILES string of the molecule is CCCC(=O)N/C(=N/N)NN.CNCCCCNC(=O)C1(NC=O)Cc2ccccc2C1.N=CN. The van der Waals surface area contributed by atoms with Gasteiger partial charge in [-0.05, 0) is 44.0 Å². The van der Waals surface area contributed by atoms with Gasteiger partial charge < -0.3 is 27.5 Å². The van der Waals surface area contributed by atoms with Gasteiger partial charge in [0.2, 0.25) is 24.2 Å². The number of hydrogen-bond donors (Lipinski definition) is 9. The number of hydrazone groups is 1. The highest BCUT2D eigenvalue weighted by atomic mass is 16.2. The first-order chi connectivity index (χ1) is 16.9. The van der Waals surface area contributed by atoms with Crippen LogP contribution in [0.5, 0.6) is 0 Å². The number of hydrogen-bond acceptors (Lipinski definition) is 8. The number of carbonyl (C=O) groups is 3.